The van der Waals surface area contributed by atoms with Crippen molar-refractivity contribution in [2.24, 2.45) is 34.0 Å². The summed E-state index contributed by atoms with van der Waals surface area (Å²) in [6.07, 6.45) is 0.557. The molecule has 3 aliphatic rings. The van der Waals surface area contributed by atoms with Gasteiger partial charge in [-0.1, -0.05) is 27.7 Å². The number of Topliss-reactive ketones (excluding diaryl/α,β-unsaturated/α-hetero) is 3. The van der Waals surface area contributed by atoms with Crippen LogP contribution in [0.2, 0.25) is 0 Å². The third kappa shape index (κ3) is 1.98. The van der Waals surface area contributed by atoms with Crippen molar-refractivity contribution in [2.75, 3.05) is 0 Å². The number of allylic oxidation sites excluding steroid dienone is 2. The zero-order valence-electron chi connectivity index (χ0n) is 16.8. The summed E-state index contributed by atoms with van der Waals surface area (Å²) in [5, 5.41) is 21.5. The molecule has 1 unspecified atom stereocenters. The highest BCUT2D eigenvalue weighted by molar-refractivity contribution is 6.32. The summed E-state index contributed by atoms with van der Waals surface area (Å²) >= 11 is 0. The highest BCUT2D eigenvalue weighted by Gasteiger charge is 2.77. The first-order valence-corrected chi connectivity index (χ1v) is 9.43. The molecule has 2 fully saturated rings. The number of aliphatic hydroxyl groups is 2. The van der Waals surface area contributed by atoms with Gasteiger partial charge in [-0.05, 0) is 50.9 Å². The van der Waals surface area contributed by atoms with Crippen molar-refractivity contribution in [2.45, 2.75) is 66.9 Å². The van der Waals surface area contributed by atoms with Crippen molar-refractivity contribution >= 4 is 17.3 Å². The number of hydrogen-bond donors (Lipinski definition) is 2. The number of rotatable bonds is 3. The molecule has 3 rings (SSSR count). The molecule has 3 aliphatic carbocycles. The Balaban J connectivity index is 2.25. The van der Waals surface area contributed by atoms with E-state index in [1.807, 2.05) is 13.8 Å². The lowest BCUT2D eigenvalue weighted by molar-refractivity contribution is -0.144. The number of aliphatic hydroxyl groups excluding tert-OH is 1. The minimum atomic E-state index is -1.31. The highest BCUT2D eigenvalue weighted by atomic mass is 16.3. The molecule has 1 spiro atoms. The molecule has 2 bridgehead atoms. The lowest BCUT2D eigenvalue weighted by atomic mass is 9.64. The topological polar surface area (TPSA) is 91.7 Å². The maximum atomic E-state index is 13.5. The number of ketones is 3. The molecule has 2 N–H and O–H groups in total. The second-order valence-corrected chi connectivity index (χ2v) is 10.2. The summed E-state index contributed by atoms with van der Waals surface area (Å²) in [6.45, 7) is 12.4. The molecular weight excluding hydrogens is 332 g/mol. The van der Waals surface area contributed by atoms with Crippen molar-refractivity contribution in [3.05, 3.63) is 11.3 Å². The fourth-order valence-electron chi connectivity index (χ4n) is 6.13. The maximum Gasteiger partial charge on any atom is 0.183 e. The zero-order valence-corrected chi connectivity index (χ0v) is 16.8. The van der Waals surface area contributed by atoms with Crippen LogP contribution in [-0.2, 0) is 14.4 Å². The molecule has 4 atom stereocenters. The fourth-order valence-corrected chi connectivity index (χ4v) is 6.13. The van der Waals surface area contributed by atoms with E-state index < -0.39 is 39.3 Å². The number of carbonyl (C=O) groups is 3. The van der Waals surface area contributed by atoms with Crippen LogP contribution in [0.4, 0.5) is 0 Å². The van der Waals surface area contributed by atoms with Gasteiger partial charge in [0.05, 0.1) is 16.4 Å². The molecule has 0 radical (unpaired) electrons. The molecular formula is C21H30O5. The fraction of sp³-hybridized carbons (Fsp3) is 0.762. The Morgan fingerprint density at radius 2 is 1.69 bits per heavy atom. The van der Waals surface area contributed by atoms with Crippen LogP contribution in [0.5, 0.6) is 0 Å². The van der Waals surface area contributed by atoms with Crippen LogP contribution in [0.25, 0.3) is 0 Å². The zero-order chi connectivity index (χ0) is 20.0. The van der Waals surface area contributed by atoms with Crippen LogP contribution < -0.4 is 0 Å². The summed E-state index contributed by atoms with van der Waals surface area (Å²) in [4.78, 5) is 39.7. The first-order valence-electron chi connectivity index (χ1n) is 9.43. The van der Waals surface area contributed by atoms with Crippen LogP contribution >= 0.6 is 0 Å². The third-order valence-electron chi connectivity index (χ3n) is 7.45. The van der Waals surface area contributed by atoms with E-state index in [0.29, 0.717) is 6.42 Å². The van der Waals surface area contributed by atoms with E-state index in [4.69, 9.17) is 0 Å². The van der Waals surface area contributed by atoms with E-state index in [9.17, 15) is 24.6 Å². The second-order valence-electron chi connectivity index (χ2n) is 10.2. The SMILES string of the molecule is CC(C)C(=O)C1=C(O)[C@]2(C)C[C@@H]3C(C[C@@H](C(C)(C)O)C3(C)C)(C1=O)C2=O. The van der Waals surface area contributed by atoms with Crippen molar-refractivity contribution in [3.63, 3.8) is 0 Å². The Kier molecular flexibility index (Phi) is 3.75. The Bertz CT molecular complexity index is 751. The average Bonchev–Trinajstić information content (AvgIpc) is 2.85. The van der Waals surface area contributed by atoms with Gasteiger partial charge in [0.25, 0.3) is 0 Å². The first-order chi connectivity index (χ1) is 11.6. The summed E-state index contributed by atoms with van der Waals surface area (Å²) < 4.78 is 0. The van der Waals surface area contributed by atoms with Crippen LogP contribution in [0, 0.1) is 34.0 Å². The summed E-state index contributed by atoms with van der Waals surface area (Å²) in [5.74, 6) is -2.57. The predicted octanol–water partition coefficient (Wildman–Crippen LogP) is 3.01. The number of carbonyl (C=O) groups excluding carboxylic acids is 3. The van der Waals surface area contributed by atoms with Gasteiger partial charge in [-0.15, -0.1) is 0 Å². The molecule has 0 aromatic rings. The molecule has 0 aliphatic heterocycles. The van der Waals surface area contributed by atoms with Gasteiger partial charge >= 0.3 is 0 Å². The van der Waals surface area contributed by atoms with Crippen molar-refractivity contribution in [3.8, 4) is 0 Å². The Morgan fingerprint density at radius 3 is 2.15 bits per heavy atom. The molecule has 0 aromatic heterocycles. The quantitative estimate of drug-likeness (QED) is 0.595. The van der Waals surface area contributed by atoms with Crippen molar-refractivity contribution in [1.29, 1.82) is 0 Å². The molecule has 2 saturated carbocycles. The van der Waals surface area contributed by atoms with Crippen LogP contribution in [0.1, 0.15) is 61.3 Å². The predicted molar refractivity (Wildman–Crippen MR) is 96.3 cm³/mol. The van der Waals surface area contributed by atoms with Gasteiger partial charge in [0.2, 0.25) is 0 Å². The molecule has 144 valence electrons. The van der Waals surface area contributed by atoms with Crippen LogP contribution in [0.3, 0.4) is 0 Å². The van der Waals surface area contributed by atoms with Crippen molar-refractivity contribution in [1.82, 2.24) is 0 Å². The number of fused-ring (bicyclic) bond motifs is 1. The van der Waals surface area contributed by atoms with E-state index in [-0.39, 0.29) is 35.4 Å². The van der Waals surface area contributed by atoms with E-state index in [0.717, 1.165) is 0 Å². The van der Waals surface area contributed by atoms with Gasteiger partial charge in [-0.3, -0.25) is 14.4 Å². The molecule has 5 heteroatoms. The van der Waals surface area contributed by atoms with E-state index in [2.05, 4.69) is 0 Å². The van der Waals surface area contributed by atoms with Gasteiger partial charge < -0.3 is 10.2 Å². The normalized spacial score (nSPS) is 39.0. The van der Waals surface area contributed by atoms with Crippen LogP contribution in [0.15, 0.2) is 11.3 Å². The summed E-state index contributed by atoms with van der Waals surface area (Å²) in [5.41, 5.74) is -4.21. The molecule has 0 amide bonds. The minimum absolute atomic E-state index is 0.184. The molecule has 26 heavy (non-hydrogen) atoms. The maximum absolute atomic E-state index is 13.5. The molecule has 0 saturated heterocycles. The first kappa shape index (κ1) is 19.3. The number of hydrogen-bond acceptors (Lipinski definition) is 5. The summed E-state index contributed by atoms with van der Waals surface area (Å²) in [7, 11) is 0. The monoisotopic (exact) mass is 362 g/mol. The molecule has 0 aromatic carbocycles. The van der Waals surface area contributed by atoms with Gasteiger partial charge in [0.15, 0.2) is 17.3 Å². The van der Waals surface area contributed by atoms with Gasteiger partial charge in [0, 0.05) is 5.92 Å². The van der Waals surface area contributed by atoms with E-state index in [1.54, 1.807) is 34.6 Å². The highest BCUT2D eigenvalue weighted by Crippen LogP contribution is 2.72. The molecule has 5 nitrogen and oxygen atoms in total. The third-order valence-corrected chi connectivity index (χ3v) is 7.45. The van der Waals surface area contributed by atoms with Gasteiger partial charge in [0.1, 0.15) is 11.3 Å². The second kappa shape index (κ2) is 5.06. The van der Waals surface area contributed by atoms with Crippen molar-refractivity contribution < 1.29 is 24.6 Å². The smallest absolute Gasteiger partial charge is 0.183 e. The molecule has 0 heterocycles. The lowest BCUT2D eigenvalue weighted by Gasteiger charge is -2.40. The Morgan fingerprint density at radius 1 is 1.15 bits per heavy atom. The minimum Gasteiger partial charge on any atom is -0.510 e. The standard InChI is InChI=1S/C21H30O5/c1-10(2)14(22)13-15(23)20(7)8-12-18(3,4)11(19(5,6)26)9-21(12,16(13)24)17(20)25/h10-12,23,26H,8-9H2,1-7H3/t11-,12+,20+,21?/m1/s1. The van der Waals surface area contributed by atoms with Gasteiger partial charge in [-0.2, -0.15) is 0 Å². The van der Waals surface area contributed by atoms with Gasteiger partial charge in [-0.25, -0.2) is 0 Å². The Labute approximate surface area is 154 Å². The largest absolute Gasteiger partial charge is 0.510 e. The van der Waals surface area contributed by atoms with E-state index >= 15 is 0 Å². The average molecular weight is 362 g/mol. The van der Waals surface area contributed by atoms with E-state index in [1.165, 1.54) is 0 Å². The summed E-state index contributed by atoms with van der Waals surface area (Å²) in [6, 6.07) is 0. The van der Waals surface area contributed by atoms with Crippen LogP contribution in [-0.4, -0.2) is 33.2 Å². The Hall–Kier alpha value is -1.49. The lowest BCUT2D eigenvalue weighted by Crippen LogP contribution is -2.49.